The molecular weight excluding hydrogens is 312 g/mol. The lowest BCUT2D eigenvalue weighted by Gasteiger charge is -2.28. The molecule has 0 atom stereocenters. The molecule has 1 N–H and O–H groups in total. The number of hydrogen-bond acceptors (Lipinski definition) is 4. The Morgan fingerprint density at radius 1 is 1.35 bits per heavy atom. The van der Waals surface area contributed by atoms with Crippen LogP contribution < -0.4 is 5.56 Å². The molecule has 0 spiro atoms. The van der Waals surface area contributed by atoms with E-state index >= 15 is 0 Å². The summed E-state index contributed by atoms with van der Waals surface area (Å²) in [6, 6.07) is 1.91. The minimum atomic E-state index is -0.155. The van der Waals surface area contributed by atoms with Gasteiger partial charge < -0.3 is 4.98 Å². The number of rotatable bonds is 2. The molecule has 6 heteroatoms. The molecule has 3 rings (SSSR count). The van der Waals surface area contributed by atoms with Crippen molar-refractivity contribution in [3.63, 3.8) is 0 Å². The van der Waals surface area contributed by atoms with Gasteiger partial charge in [-0.15, -0.1) is 0 Å². The van der Waals surface area contributed by atoms with Crippen molar-refractivity contribution in [2.24, 2.45) is 0 Å². The van der Waals surface area contributed by atoms with Crippen molar-refractivity contribution in [3.05, 3.63) is 56.5 Å². The summed E-state index contributed by atoms with van der Waals surface area (Å²) in [5.41, 5.74) is 2.58. The average Bonchev–Trinajstić information content (AvgIpc) is 2.47. The number of halogens is 1. The van der Waals surface area contributed by atoms with Crippen LogP contribution in [0.4, 0.5) is 0 Å². The Hall–Kier alpha value is -1.72. The summed E-state index contributed by atoms with van der Waals surface area (Å²) in [5, 5.41) is 0.634. The van der Waals surface area contributed by atoms with Gasteiger partial charge in [0.05, 0.1) is 16.3 Å². The topological polar surface area (TPSA) is 61.9 Å². The smallest absolute Gasteiger partial charge is 0.255 e. The summed E-state index contributed by atoms with van der Waals surface area (Å²) in [4.78, 5) is 26.4. The maximum Gasteiger partial charge on any atom is 0.255 e. The van der Waals surface area contributed by atoms with Gasteiger partial charge in [-0.25, -0.2) is 4.98 Å². The zero-order valence-corrected chi connectivity index (χ0v) is 14.4. The zero-order valence-electron chi connectivity index (χ0n) is 13.7. The second-order valence-corrected chi connectivity index (χ2v) is 7.50. The van der Waals surface area contributed by atoms with Crippen LogP contribution in [0.1, 0.15) is 43.4 Å². The predicted molar refractivity (Wildman–Crippen MR) is 90.6 cm³/mol. The molecule has 2 aromatic heterocycles. The highest BCUT2D eigenvalue weighted by Gasteiger charge is 2.24. The molecule has 0 radical (unpaired) electrons. The van der Waals surface area contributed by atoms with Crippen molar-refractivity contribution < 1.29 is 0 Å². The number of nitrogens with zero attached hydrogens (tertiary/aromatic N) is 3. The normalized spacial score (nSPS) is 15.5. The van der Waals surface area contributed by atoms with E-state index in [0.717, 1.165) is 42.2 Å². The first-order valence-corrected chi connectivity index (χ1v) is 8.15. The molecule has 1 aliphatic rings. The van der Waals surface area contributed by atoms with Gasteiger partial charge in [-0.05, 0) is 11.6 Å². The summed E-state index contributed by atoms with van der Waals surface area (Å²) in [6.07, 6.45) is 4.22. The first kappa shape index (κ1) is 16.1. The van der Waals surface area contributed by atoms with E-state index in [9.17, 15) is 4.79 Å². The van der Waals surface area contributed by atoms with Crippen LogP contribution in [0, 0.1) is 0 Å². The highest BCUT2D eigenvalue weighted by atomic mass is 35.5. The molecule has 122 valence electrons. The van der Waals surface area contributed by atoms with E-state index in [-0.39, 0.29) is 11.0 Å². The van der Waals surface area contributed by atoms with Crippen LogP contribution >= 0.6 is 11.6 Å². The quantitative estimate of drug-likeness (QED) is 0.918. The first-order chi connectivity index (χ1) is 10.8. The second kappa shape index (κ2) is 6.06. The van der Waals surface area contributed by atoms with Crippen molar-refractivity contribution >= 4 is 11.6 Å². The highest BCUT2D eigenvalue weighted by molar-refractivity contribution is 6.30. The zero-order chi connectivity index (χ0) is 16.6. The molecule has 0 amide bonds. The van der Waals surface area contributed by atoms with Crippen LogP contribution in [-0.2, 0) is 24.9 Å². The van der Waals surface area contributed by atoms with E-state index in [2.05, 4.69) is 40.6 Å². The number of aromatic amines is 1. The summed E-state index contributed by atoms with van der Waals surface area (Å²) < 4.78 is 0. The van der Waals surface area contributed by atoms with Crippen molar-refractivity contribution in [1.29, 1.82) is 0 Å². The minimum absolute atomic E-state index is 0.0196. The summed E-state index contributed by atoms with van der Waals surface area (Å²) in [7, 11) is 0. The molecule has 23 heavy (non-hydrogen) atoms. The van der Waals surface area contributed by atoms with Crippen molar-refractivity contribution in [2.45, 2.75) is 45.7 Å². The molecule has 0 bridgehead atoms. The van der Waals surface area contributed by atoms with Crippen molar-refractivity contribution in [3.8, 4) is 0 Å². The van der Waals surface area contributed by atoms with Crippen LogP contribution in [-0.4, -0.2) is 26.4 Å². The van der Waals surface area contributed by atoms with Crippen LogP contribution in [0.25, 0.3) is 0 Å². The van der Waals surface area contributed by atoms with Gasteiger partial charge in [0.25, 0.3) is 5.56 Å². The summed E-state index contributed by atoms with van der Waals surface area (Å²) in [5.74, 6) is 0.758. The molecule has 0 saturated heterocycles. The van der Waals surface area contributed by atoms with Gasteiger partial charge in [0.15, 0.2) is 0 Å². The second-order valence-electron chi connectivity index (χ2n) is 7.06. The lowest BCUT2D eigenvalue weighted by atomic mass is 9.95. The van der Waals surface area contributed by atoms with Crippen molar-refractivity contribution in [2.75, 3.05) is 6.54 Å². The maximum atomic E-state index is 12.4. The predicted octanol–water partition coefficient (Wildman–Crippen LogP) is 2.67. The number of nitrogens with one attached hydrogen (secondary N) is 1. The summed E-state index contributed by atoms with van der Waals surface area (Å²) >= 11 is 5.98. The fourth-order valence-corrected chi connectivity index (χ4v) is 2.97. The third-order valence-corrected chi connectivity index (χ3v) is 4.23. The van der Waals surface area contributed by atoms with E-state index in [0.29, 0.717) is 11.6 Å². The number of pyridine rings is 1. The molecule has 1 aliphatic heterocycles. The molecule has 2 aromatic rings. The Bertz CT molecular complexity index is 779. The van der Waals surface area contributed by atoms with Crippen LogP contribution in [0.2, 0.25) is 5.02 Å². The summed E-state index contributed by atoms with van der Waals surface area (Å²) in [6.45, 7) is 8.37. The van der Waals surface area contributed by atoms with E-state index in [1.807, 2.05) is 12.3 Å². The third-order valence-electron chi connectivity index (χ3n) is 4.03. The Balaban J connectivity index is 1.83. The Labute approximate surface area is 140 Å². The highest BCUT2D eigenvalue weighted by Crippen LogP contribution is 2.21. The van der Waals surface area contributed by atoms with Crippen LogP contribution in [0.3, 0.4) is 0 Å². The van der Waals surface area contributed by atoms with Gasteiger partial charge >= 0.3 is 0 Å². The monoisotopic (exact) mass is 332 g/mol. The number of H-pyrrole nitrogens is 1. The molecule has 3 heterocycles. The van der Waals surface area contributed by atoms with E-state index in [1.54, 1.807) is 6.20 Å². The van der Waals surface area contributed by atoms with Crippen LogP contribution in [0.15, 0.2) is 23.3 Å². The number of fused-ring (bicyclic) bond motifs is 1. The van der Waals surface area contributed by atoms with E-state index in [4.69, 9.17) is 11.6 Å². The molecule has 0 aliphatic carbocycles. The molecule has 0 unspecified atom stereocenters. The lowest BCUT2D eigenvalue weighted by Crippen LogP contribution is -2.37. The fraction of sp³-hybridized carbons (Fsp3) is 0.471. The van der Waals surface area contributed by atoms with Crippen molar-refractivity contribution in [1.82, 2.24) is 19.9 Å². The molecule has 0 fully saturated rings. The maximum absolute atomic E-state index is 12.4. The standard InChI is InChI=1S/C17H21ClN4O/c1-17(2,3)16-20-14-4-5-22(10-13(14)15(23)21-16)9-11-6-12(18)8-19-7-11/h6-8H,4-5,9-10H2,1-3H3,(H,20,21,23). The third kappa shape index (κ3) is 3.62. The van der Waals surface area contributed by atoms with Gasteiger partial charge in [-0.2, -0.15) is 0 Å². The number of aromatic nitrogens is 3. The Kier molecular flexibility index (Phi) is 4.25. The average molecular weight is 333 g/mol. The SMILES string of the molecule is CC(C)(C)c1nc2c(c(=O)[nH]1)CN(Cc1cncc(Cl)c1)CC2. The van der Waals surface area contributed by atoms with Gasteiger partial charge in [-0.3, -0.25) is 14.7 Å². The molecule has 5 nitrogen and oxygen atoms in total. The van der Waals surface area contributed by atoms with E-state index < -0.39 is 0 Å². The van der Waals surface area contributed by atoms with Gasteiger partial charge in [0.1, 0.15) is 5.82 Å². The van der Waals surface area contributed by atoms with E-state index in [1.165, 1.54) is 0 Å². The lowest BCUT2D eigenvalue weighted by molar-refractivity contribution is 0.240. The van der Waals surface area contributed by atoms with Gasteiger partial charge in [0, 0.05) is 43.9 Å². The Morgan fingerprint density at radius 2 is 2.13 bits per heavy atom. The van der Waals surface area contributed by atoms with Gasteiger partial charge in [0.2, 0.25) is 0 Å². The largest absolute Gasteiger partial charge is 0.310 e. The number of hydrogen-bond donors (Lipinski definition) is 1. The first-order valence-electron chi connectivity index (χ1n) is 7.77. The minimum Gasteiger partial charge on any atom is -0.310 e. The van der Waals surface area contributed by atoms with Gasteiger partial charge in [-0.1, -0.05) is 32.4 Å². The molecular formula is C17H21ClN4O. The molecule has 0 aromatic carbocycles. The van der Waals surface area contributed by atoms with Crippen LogP contribution in [0.5, 0.6) is 0 Å². The Morgan fingerprint density at radius 3 is 2.83 bits per heavy atom. The molecule has 0 saturated carbocycles. The fourth-order valence-electron chi connectivity index (χ4n) is 2.77.